The van der Waals surface area contributed by atoms with Gasteiger partial charge in [0.05, 0.1) is 12.4 Å². The maximum Gasteiger partial charge on any atom is 0.323 e. The van der Waals surface area contributed by atoms with Gasteiger partial charge in [-0.25, -0.2) is 15.0 Å². The molecule has 4 rings (SSSR count). The molecule has 1 unspecified atom stereocenters. The molecule has 13 heteroatoms. The number of rotatable bonds is 8. The third-order valence-electron chi connectivity index (χ3n) is 5.20. The lowest BCUT2D eigenvalue weighted by atomic mass is 10.1. The van der Waals surface area contributed by atoms with E-state index < -0.39 is 42.3 Å². The molecule has 0 saturated carbocycles. The van der Waals surface area contributed by atoms with Crippen LogP contribution in [-0.2, 0) is 15.3 Å². The lowest BCUT2D eigenvalue weighted by Gasteiger charge is -2.16. The van der Waals surface area contributed by atoms with Crippen molar-refractivity contribution in [2.24, 2.45) is 0 Å². The number of nitrogens with one attached hydrogen (secondary N) is 1. The standard InChI is InChI=1S/C21H23N5O6S2/c1-11-2-4-12(5-3-11)7-33-19-15-18(23-9-24-19)26(10-25-15)20-17(30)16(29)13(32-20)8-34-21(31)22-6-14(27)28/h2-5,9-10,13,16-17,20,29-30H,6-8H2,1H3,(H,22,31)(H,27,28)/t13-,16+,17?,20-/m1/s1. The van der Waals surface area contributed by atoms with E-state index in [-0.39, 0.29) is 5.75 Å². The van der Waals surface area contributed by atoms with Crippen molar-refractivity contribution in [2.75, 3.05) is 12.3 Å². The summed E-state index contributed by atoms with van der Waals surface area (Å²) in [7, 11) is 0. The number of aryl methyl sites for hydroxylation is 1. The molecule has 3 aromatic rings. The van der Waals surface area contributed by atoms with Gasteiger partial charge in [-0.3, -0.25) is 14.2 Å². The number of ether oxygens (including phenoxy) is 1. The van der Waals surface area contributed by atoms with Gasteiger partial charge in [0.1, 0.15) is 35.6 Å². The molecule has 34 heavy (non-hydrogen) atoms. The van der Waals surface area contributed by atoms with Gasteiger partial charge in [-0.2, -0.15) is 0 Å². The van der Waals surface area contributed by atoms with E-state index in [1.54, 1.807) is 0 Å². The Morgan fingerprint density at radius 2 is 1.91 bits per heavy atom. The molecule has 2 aromatic heterocycles. The van der Waals surface area contributed by atoms with Crippen LogP contribution >= 0.6 is 23.5 Å². The van der Waals surface area contributed by atoms with Crippen molar-refractivity contribution < 1.29 is 29.6 Å². The third-order valence-corrected chi connectivity index (χ3v) is 7.15. The molecule has 0 radical (unpaired) electrons. The first kappa shape index (κ1) is 24.4. The molecule has 4 N–H and O–H groups in total. The number of aliphatic carboxylic acids is 1. The highest BCUT2D eigenvalue weighted by atomic mass is 32.2. The molecule has 1 fully saturated rings. The van der Waals surface area contributed by atoms with Gasteiger partial charge in [0, 0.05) is 11.5 Å². The predicted octanol–water partition coefficient (Wildman–Crippen LogP) is 1.57. The number of amides is 1. The summed E-state index contributed by atoms with van der Waals surface area (Å²) in [6.45, 7) is 1.53. The minimum Gasteiger partial charge on any atom is -0.480 e. The van der Waals surface area contributed by atoms with Crippen molar-refractivity contribution in [3.05, 3.63) is 48.0 Å². The molecule has 11 nitrogen and oxygen atoms in total. The number of hydrogen-bond donors (Lipinski definition) is 4. The van der Waals surface area contributed by atoms with Crippen molar-refractivity contribution in [2.45, 2.75) is 42.2 Å². The van der Waals surface area contributed by atoms with E-state index >= 15 is 0 Å². The number of fused-ring (bicyclic) bond motifs is 1. The number of carboxylic acids is 1. The van der Waals surface area contributed by atoms with E-state index in [4.69, 9.17) is 9.84 Å². The number of aliphatic hydroxyl groups is 2. The average Bonchev–Trinajstić information content (AvgIpc) is 3.37. The highest BCUT2D eigenvalue weighted by molar-refractivity contribution is 8.13. The molecule has 4 atom stereocenters. The van der Waals surface area contributed by atoms with E-state index in [9.17, 15) is 19.8 Å². The van der Waals surface area contributed by atoms with Crippen LogP contribution in [0, 0.1) is 6.92 Å². The molecule has 0 aliphatic carbocycles. The minimum atomic E-state index is -1.27. The minimum absolute atomic E-state index is 0.0272. The lowest BCUT2D eigenvalue weighted by Crippen LogP contribution is -2.33. The van der Waals surface area contributed by atoms with Crippen LogP contribution in [0.3, 0.4) is 0 Å². The Labute approximate surface area is 203 Å². The third kappa shape index (κ3) is 5.50. The first-order valence-corrected chi connectivity index (χ1v) is 12.3. The smallest absolute Gasteiger partial charge is 0.323 e. The van der Waals surface area contributed by atoms with Gasteiger partial charge in [-0.1, -0.05) is 53.4 Å². The van der Waals surface area contributed by atoms with Gasteiger partial charge in [-0.15, -0.1) is 0 Å². The Balaban J connectivity index is 1.44. The highest BCUT2D eigenvalue weighted by Gasteiger charge is 2.44. The molecule has 0 spiro atoms. The Morgan fingerprint density at radius 3 is 2.65 bits per heavy atom. The Hall–Kier alpha value is -2.71. The summed E-state index contributed by atoms with van der Waals surface area (Å²) in [5.74, 6) is -0.435. The monoisotopic (exact) mass is 505 g/mol. The van der Waals surface area contributed by atoms with Gasteiger partial charge >= 0.3 is 5.97 Å². The number of aromatic nitrogens is 4. The molecule has 1 aliphatic heterocycles. The summed E-state index contributed by atoms with van der Waals surface area (Å²) in [6.07, 6.45) is -1.45. The number of hydrogen-bond acceptors (Lipinski definition) is 10. The van der Waals surface area contributed by atoms with Crippen LogP contribution in [-0.4, -0.2) is 76.7 Å². The van der Waals surface area contributed by atoms with Crippen molar-refractivity contribution >= 4 is 45.9 Å². The predicted molar refractivity (Wildman–Crippen MR) is 125 cm³/mol. The summed E-state index contributed by atoms with van der Waals surface area (Å²) in [5, 5.41) is 32.0. The molecule has 3 heterocycles. The van der Waals surface area contributed by atoms with Crippen molar-refractivity contribution in [3.63, 3.8) is 0 Å². The quantitative estimate of drug-likeness (QED) is 0.260. The number of carbonyl (C=O) groups excluding carboxylic acids is 1. The second-order valence-electron chi connectivity index (χ2n) is 7.67. The molecular formula is C21H23N5O6S2. The first-order valence-electron chi connectivity index (χ1n) is 10.3. The van der Waals surface area contributed by atoms with E-state index in [0.717, 1.165) is 17.3 Å². The van der Waals surface area contributed by atoms with Crippen LogP contribution in [0.4, 0.5) is 4.79 Å². The average molecular weight is 506 g/mol. The van der Waals surface area contributed by atoms with Gasteiger partial charge in [0.2, 0.25) is 0 Å². The van der Waals surface area contributed by atoms with Gasteiger partial charge in [0.15, 0.2) is 11.9 Å². The van der Waals surface area contributed by atoms with Crippen molar-refractivity contribution in [1.82, 2.24) is 24.8 Å². The summed E-state index contributed by atoms with van der Waals surface area (Å²) in [6, 6.07) is 8.22. The maximum atomic E-state index is 11.7. The topological polar surface area (TPSA) is 160 Å². The number of carbonyl (C=O) groups is 2. The zero-order valence-corrected chi connectivity index (χ0v) is 19.7. The summed E-state index contributed by atoms with van der Waals surface area (Å²) in [5.41, 5.74) is 3.33. The van der Waals surface area contributed by atoms with E-state index in [0.29, 0.717) is 21.9 Å². The van der Waals surface area contributed by atoms with E-state index in [1.807, 2.05) is 6.92 Å². The van der Waals surface area contributed by atoms with E-state index in [2.05, 4.69) is 44.5 Å². The fourth-order valence-electron chi connectivity index (χ4n) is 3.41. The van der Waals surface area contributed by atoms with Crippen LogP contribution < -0.4 is 5.32 Å². The largest absolute Gasteiger partial charge is 0.480 e. The van der Waals surface area contributed by atoms with E-state index in [1.165, 1.54) is 34.5 Å². The molecule has 1 saturated heterocycles. The Bertz CT molecular complexity index is 1170. The molecule has 1 aromatic carbocycles. The number of imidazole rings is 1. The van der Waals surface area contributed by atoms with Crippen LogP contribution in [0.15, 0.2) is 41.9 Å². The summed E-state index contributed by atoms with van der Waals surface area (Å²) in [4.78, 5) is 35.3. The molecule has 180 valence electrons. The second kappa shape index (κ2) is 10.7. The zero-order valence-electron chi connectivity index (χ0n) is 18.1. The second-order valence-corrected chi connectivity index (χ2v) is 9.63. The SMILES string of the molecule is Cc1ccc(CSc2ncnc3c2ncn3[C@@H]2O[C@H](CSC(=O)NCC(=O)O)[C@H](O)C2O)cc1. The number of benzene rings is 1. The normalized spacial score (nSPS) is 22.2. The lowest BCUT2D eigenvalue weighted by molar-refractivity contribution is -0.135. The maximum absolute atomic E-state index is 11.7. The van der Waals surface area contributed by atoms with Crippen molar-refractivity contribution in [3.8, 4) is 0 Å². The number of thioether (sulfide) groups is 2. The summed E-state index contributed by atoms with van der Waals surface area (Å²) < 4.78 is 7.37. The zero-order chi connectivity index (χ0) is 24.2. The number of nitrogens with zero attached hydrogens (tertiary/aromatic N) is 4. The van der Waals surface area contributed by atoms with Gasteiger partial charge in [-0.05, 0) is 12.5 Å². The highest BCUT2D eigenvalue weighted by Crippen LogP contribution is 2.34. The molecule has 1 amide bonds. The Kier molecular flexibility index (Phi) is 7.68. The Morgan fingerprint density at radius 1 is 1.15 bits per heavy atom. The van der Waals surface area contributed by atoms with Gasteiger partial charge < -0.3 is 25.4 Å². The molecule has 0 bridgehead atoms. The number of carboxylic acid groups (broad SMARTS) is 1. The van der Waals surface area contributed by atoms with Crippen molar-refractivity contribution in [1.29, 1.82) is 0 Å². The fraction of sp³-hybridized carbons (Fsp3) is 0.381. The number of aliphatic hydroxyl groups excluding tert-OH is 2. The fourth-order valence-corrected chi connectivity index (χ4v) is 5.08. The first-order chi connectivity index (χ1) is 16.3. The van der Waals surface area contributed by atoms with Gasteiger partial charge in [0.25, 0.3) is 5.24 Å². The van der Waals surface area contributed by atoms with Crippen LogP contribution in [0.25, 0.3) is 11.2 Å². The van der Waals surface area contributed by atoms with Crippen LogP contribution in [0.1, 0.15) is 17.4 Å². The summed E-state index contributed by atoms with van der Waals surface area (Å²) >= 11 is 2.28. The molecular weight excluding hydrogens is 482 g/mol. The van der Waals surface area contributed by atoms with Crippen LogP contribution in [0.2, 0.25) is 0 Å². The van der Waals surface area contributed by atoms with Crippen LogP contribution in [0.5, 0.6) is 0 Å². The molecule has 1 aliphatic rings.